The summed E-state index contributed by atoms with van der Waals surface area (Å²) in [5, 5.41) is -1.31. The number of hydrogen-bond donors (Lipinski definition) is 0. The number of urea groups is 1. The van der Waals surface area contributed by atoms with E-state index in [1.165, 1.54) is 31.3 Å². The van der Waals surface area contributed by atoms with Gasteiger partial charge in [-0.2, -0.15) is 0 Å². The van der Waals surface area contributed by atoms with Crippen molar-refractivity contribution >= 4 is 81.2 Å². The van der Waals surface area contributed by atoms with E-state index in [-0.39, 0.29) is 11.5 Å². The summed E-state index contributed by atoms with van der Waals surface area (Å²) in [5.74, 6) is -1.85. The minimum atomic E-state index is -2.03. The van der Waals surface area contributed by atoms with E-state index in [1.54, 1.807) is 53.4 Å². The lowest BCUT2D eigenvalue weighted by Gasteiger charge is -2.36. The van der Waals surface area contributed by atoms with Gasteiger partial charge in [-0.25, -0.2) is 19.1 Å². The first-order chi connectivity index (χ1) is 17.1. The molecule has 4 rings (SSSR count). The third-order valence-corrected chi connectivity index (χ3v) is 7.03. The summed E-state index contributed by atoms with van der Waals surface area (Å²) >= 11 is 25.4. The van der Waals surface area contributed by atoms with Gasteiger partial charge in [0.25, 0.3) is 5.91 Å². The Balaban J connectivity index is 1.95. The molecule has 0 spiro atoms. The first-order valence-electron chi connectivity index (χ1n) is 10.7. The van der Waals surface area contributed by atoms with Crippen molar-refractivity contribution in [2.45, 2.75) is 15.3 Å². The Kier molecular flexibility index (Phi) is 7.76. The summed E-state index contributed by atoms with van der Waals surface area (Å²) < 4.78 is 12.7. The molecule has 1 aliphatic heterocycles. The average molecular weight is 568 g/mol. The highest BCUT2D eigenvalue weighted by atomic mass is 35.6. The first kappa shape index (κ1) is 26.2. The maximum Gasteiger partial charge on any atom is 0.337 e. The highest BCUT2D eigenvalue weighted by Gasteiger charge is 2.46. The number of imide groups is 1. The quantitative estimate of drug-likeness (QED) is 0.244. The number of anilines is 3. The molecule has 6 nitrogen and oxygen atoms in total. The third kappa shape index (κ3) is 5.15. The molecule has 3 aromatic carbocycles. The number of halogens is 5. The van der Waals surface area contributed by atoms with Gasteiger partial charge in [0.05, 0.1) is 5.69 Å². The summed E-state index contributed by atoms with van der Waals surface area (Å²) in [6, 6.07) is 22.8. The predicted octanol–water partition coefficient (Wildman–Crippen LogP) is 6.76. The lowest BCUT2D eigenvalue weighted by atomic mass is 10.2. The second-order valence-corrected chi connectivity index (χ2v) is 10.6. The van der Waals surface area contributed by atoms with Gasteiger partial charge < -0.3 is 4.90 Å². The second-order valence-electron chi connectivity index (χ2n) is 7.78. The maximum atomic E-state index is 14.7. The first-order valence-corrected chi connectivity index (χ1v) is 12.2. The summed E-state index contributed by atoms with van der Waals surface area (Å²) in [4.78, 5) is 34.1. The molecule has 3 aromatic rings. The maximum absolute atomic E-state index is 14.7. The third-order valence-electron chi connectivity index (χ3n) is 5.44. The van der Waals surface area contributed by atoms with Crippen LogP contribution in [0.2, 0.25) is 0 Å². The van der Waals surface area contributed by atoms with E-state index in [9.17, 15) is 14.0 Å². The highest BCUT2D eigenvalue weighted by Crippen LogP contribution is 2.41. The number of benzene rings is 3. The molecule has 0 saturated carbocycles. The van der Waals surface area contributed by atoms with Crippen LogP contribution in [0.25, 0.3) is 0 Å². The molecular weight excluding hydrogens is 549 g/mol. The van der Waals surface area contributed by atoms with Crippen LogP contribution >= 0.6 is 46.4 Å². The monoisotopic (exact) mass is 566 g/mol. The molecule has 0 radical (unpaired) electrons. The van der Waals surface area contributed by atoms with Gasteiger partial charge in [-0.1, -0.05) is 83.3 Å². The largest absolute Gasteiger partial charge is 0.337 e. The summed E-state index contributed by atoms with van der Waals surface area (Å²) in [6.07, 6.45) is -1.21. The molecule has 2 unspecified atom stereocenters. The summed E-state index contributed by atoms with van der Waals surface area (Å²) in [5.41, 5.74) is 1.10. The lowest BCUT2D eigenvalue weighted by Crippen LogP contribution is -2.45. The van der Waals surface area contributed by atoms with E-state index < -0.39 is 33.1 Å². The number of hydrogen-bond acceptors (Lipinski definition) is 4. The molecular formula is C25H19Cl4FN4O2. The van der Waals surface area contributed by atoms with Crippen LogP contribution in [0.1, 0.15) is 0 Å². The SMILES string of the molecule is CN1C(=O)/C(=N\C(C(Cl)C(Cl)(Cl)Cl)N(c2ccccc2)c2ccccc2)N(c2ccccc2F)C1=O. The van der Waals surface area contributed by atoms with Crippen LogP contribution in [-0.2, 0) is 4.79 Å². The number of aliphatic imine (C=N–C) groups is 1. The molecule has 11 heteroatoms. The van der Waals surface area contributed by atoms with Crippen LogP contribution < -0.4 is 9.80 Å². The van der Waals surface area contributed by atoms with Gasteiger partial charge >= 0.3 is 6.03 Å². The Bertz CT molecular complexity index is 1250. The topological polar surface area (TPSA) is 56.2 Å². The van der Waals surface area contributed by atoms with Crippen molar-refractivity contribution < 1.29 is 14.0 Å². The van der Waals surface area contributed by atoms with E-state index in [0.29, 0.717) is 11.4 Å². The number of carbonyl (C=O) groups excluding carboxylic acids is 2. The second kappa shape index (κ2) is 10.6. The van der Waals surface area contributed by atoms with Crippen LogP contribution in [0.15, 0.2) is 89.9 Å². The molecule has 0 aromatic heterocycles. The van der Waals surface area contributed by atoms with Crippen LogP contribution in [0, 0.1) is 5.82 Å². The van der Waals surface area contributed by atoms with Crippen molar-refractivity contribution in [2.24, 2.45) is 4.99 Å². The van der Waals surface area contributed by atoms with Gasteiger partial charge in [0.1, 0.15) is 17.4 Å². The van der Waals surface area contributed by atoms with Gasteiger partial charge in [0, 0.05) is 18.4 Å². The minimum Gasteiger partial charge on any atom is -0.317 e. The van der Waals surface area contributed by atoms with Gasteiger partial charge in [-0.15, -0.1) is 11.6 Å². The number of carbonyl (C=O) groups is 2. The van der Waals surface area contributed by atoms with Crippen molar-refractivity contribution in [1.29, 1.82) is 0 Å². The molecule has 0 aliphatic carbocycles. The number of para-hydroxylation sites is 3. The Hall–Kier alpha value is -2.84. The van der Waals surface area contributed by atoms with Gasteiger partial charge in [0.2, 0.25) is 9.63 Å². The molecule has 1 heterocycles. The summed E-state index contributed by atoms with van der Waals surface area (Å²) in [6.45, 7) is 0. The van der Waals surface area contributed by atoms with Crippen molar-refractivity contribution in [1.82, 2.24) is 4.90 Å². The fraction of sp³-hybridized carbons (Fsp3) is 0.160. The van der Waals surface area contributed by atoms with Crippen LogP contribution in [0.4, 0.5) is 26.2 Å². The molecule has 2 atom stereocenters. The molecule has 3 amide bonds. The normalized spacial score (nSPS) is 17.0. The van der Waals surface area contributed by atoms with Gasteiger partial charge in [0.15, 0.2) is 0 Å². The van der Waals surface area contributed by atoms with Gasteiger partial charge in [-0.05, 0) is 36.4 Å². The molecule has 1 aliphatic rings. The summed E-state index contributed by atoms with van der Waals surface area (Å²) in [7, 11) is 1.27. The Morgan fingerprint density at radius 3 is 1.86 bits per heavy atom. The zero-order valence-corrected chi connectivity index (χ0v) is 21.8. The molecule has 0 bridgehead atoms. The van der Waals surface area contributed by atoms with Crippen molar-refractivity contribution in [3.05, 3.63) is 90.7 Å². The number of alkyl halides is 4. The van der Waals surface area contributed by atoms with Crippen LogP contribution in [-0.4, -0.2) is 45.1 Å². The predicted molar refractivity (Wildman–Crippen MR) is 143 cm³/mol. The Morgan fingerprint density at radius 2 is 1.36 bits per heavy atom. The fourth-order valence-corrected chi connectivity index (χ4v) is 4.22. The molecule has 0 N–H and O–H groups in total. The van der Waals surface area contributed by atoms with Crippen LogP contribution in [0.3, 0.4) is 0 Å². The molecule has 186 valence electrons. The molecule has 36 heavy (non-hydrogen) atoms. The average Bonchev–Trinajstić information content (AvgIpc) is 3.07. The Labute approximate surface area is 227 Å². The van der Waals surface area contributed by atoms with Crippen molar-refractivity contribution in [3.63, 3.8) is 0 Å². The van der Waals surface area contributed by atoms with E-state index >= 15 is 0 Å². The standard InChI is InChI=1S/C25H19Cl4FN4O2/c1-32-23(35)22(34(24(32)36)19-15-9-8-14-18(19)30)31-21(20(26)25(27,28)29)33(16-10-4-2-5-11-16)17-12-6-3-7-13-17/h2-15,20-21H,1H3/b31-22+. The number of rotatable bonds is 6. The number of amides is 3. The van der Waals surface area contributed by atoms with E-state index in [2.05, 4.69) is 4.99 Å². The zero-order chi connectivity index (χ0) is 26.0. The fourth-order valence-electron chi connectivity index (χ4n) is 3.72. The van der Waals surface area contributed by atoms with E-state index in [0.717, 1.165) is 9.80 Å². The molecule has 1 saturated heterocycles. The number of nitrogens with zero attached hydrogens (tertiary/aromatic N) is 4. The smallest absolute Gasteiger partial charge is 0.317 e. The number of likely N-dealkylation sites (N-methyl/N-ethyl adjacent to an activating group) is 1. The van der Waals surface area contributed by atoms with Crippen molar-refractivity contribution in [2.75, 3.05) is 16.8 Å². The van der Waals surface area contributed by atoms with E-state index in [4.69, 9.17) is 46.4 Å². The Morgan fingerprint density at radius 1 is 0.861 bits per heavy atom. The van der Waals surface area contributed by atoms with Gasteiger partial charge in [-0.3, -0.25) is 9.69 Å². The van der Waals surface area contributed by atoms with E-state index in [1.807, 2.05) is 12.1 Å². The molecule has 1 fully saturated rings. The minimum absolute atomic E-state index is 0.149. The van der Waals surface area contributed by atoms with Crippen LogP contribution in [0.5, 0.6) is 0 Å². The zero-order valence-electron chi connectivity index (χ0n) is 18.7. The van der Waals surface area contributed by atoms with Crippen molar-refractivity contribution in [3.8, 4) is 0 Å². The lowest BCUT2D eigenvalue weighted by molar-refractivity contribution is -0.119. The highest BCUT2D eigenvalue weighted by molar-refractivity contribution is 6.70. The number of amidine groups is 1.